The van der Waals surface area contributed by atoms with E-state index in [-0.39, 0.29) is 11.2 Å². The maximum absolute atomic E-state index is 16.1. The van der Waals surface area contributed by atoms with Crippen molar-refractivity contribution in [2.45, 2.75) is 12.1 Å². The van der Waals surface area contributed by atoms with Crippen LogP contribution in [0.4, 0.5) is 10.2 Å². The van der Waals surface area contributed by atoms with Gasteiger partial charge in [0.1, 0.15) is 22.4 Å². The number of anilines is 1. The van der Waals surface area contributed by atoms with Crippen LogP contribution in [0, 0.1) is 12.7 Å². The molecule has 10 heteroatoms. The van der Waals surface area contributed by atoms with Crippen molar-refractivity contribution < 1.29 is 9.13 Å². The number of H-pyrrole nitrogens is 1. The first kappa shape index (κ1) is 20.0. The van der Waals surface area contributed by atoms with Gasteiger partial charge in [-0.05, 0) is 24.8 Å². The maximum Gasteiger partial charge on any atom is 0.227 e. The Bertz CT molecular complexity index is 1290. The number of pyridine rings is 1. The fraction of sp³-hybridized carbons (Fsp3) is 0.333. The quantitative estimate of drug-likeness (QED) is 0.370. The Labute approximate surface area is 182 Å². The lowest BCUT2D eigenvalue weighted by atomic mass is 9.99. The summed E-state index contributed by atoms with van der Waals surface area (Å²) in [5.74, 6) is 0.484. The highest BCUT2D eigenvalue weighted by atomic mass is 32.2. The van der Waals surface area contributed by atoms with Crippen LogP contribution in [-0.4, -0.2) is 64.7 Å². The molecule has 3 aromatic heterocycles. The Balaban J connectivity index is 1.84. The number of aromatic amines is 1. The minimum atomic E-state index is -0.485. The third kappa shape index (κ3) is 3.26. The number of aromatic nitrogens is 5. The molecule has 0 bridgehead atoms. The summed E-state index contributed by atoms with van der Waals surface area (Å²) in [5.41, 5.74) is 2.80. The van der Waals surface area contributed by atoms with E-state index < -0.39 is 5.82 Å². The molecule has 1 saturated heterocycles. The number of methoxy groups -OCH3 is 1. The largest absolute Gasteiger partial charge is 0.480 e. The van der Waals surface area contributed by atoms with E-state index >= 15 is 4.39 Å². The monoisotopic (exact) mass is 439 g/mol. The molecule has 1 aliphatic rings. The van der Waals surface area contributed by atoms with Crippen LogP contribution in [0.3, 0.4) is 0 Å². The van der Waals surface area contributed by atoms with Crippen LogP contribution in [0.1, 0.15) is 5.56 Å². The van der Waals surface area contributed by atoms with Gasteiger partial charge in [0, 0.05) is 37.1 Å². The number of nitrogens with zero attached hydrogens (tertiary/aromatic N) is 5. The van der Waals surface area contributed by atoms with Crippen molar-refractivity contribution in [1.29, 1.82) is 0 Å². The molecule has 1 aliphatic heterocycles. The third-order valence-corrected chi connectivity index (χ3v) is 6.12. The average Bonchev–Trinajstić information content (AvgIpc) is 3.28. The molecule has 0 spiro atoms. The van der Waals surface area contributed by atoms with E-state index in [0.717, 1.165) is 42.6 Å². The molecule has 31 heavy (non-hydrogen) atoms. The molecule has 0 unspecified atom stereocenters. The number of hydrogen-bond donors (Lipinski definition) is 2. The number of thioether (sulfide) groups is 1. The lowest BCUT2D eigenvalue weighted by Gasteiger charge is -2.29. The summed E-state index contributed by atoms with van der Waals surface area (Å²) in [5, 5.41) is 12.2. The van der Waals surface area contributed by atoms with Crippen molar-refractivity contribution in [3.63, 3.8) is 0 Å². The van der Waals surface area contributed by atoms with Crippen LogP contribution in [-0.2, 0) is 0 Å². The molecule has 160 valence electrons. The van der Waals surface area contributed by atoms with Gasteiger partial charge in [-0.3, -0.25) is 5.10 Å². The predicted octanol–water partition coefficient (Wildman–Crippen LogP) is 3.16. The normalized spacial score (nSPS) is 14.5. The van der Waals surface area contributed by atoms with Crippen LogP contribution in [0.15, 0.2) is 23.5 Å². The van der Waals surface area contributed by atoms with Gasteiger partial charge in [0.2, 0.25) is 5.88 Å². The molecule has 0 radical (unpaired) electrons. The Morgan fingerprint density at radius 1 is 1.16 bits per heavy atom. The lowest BCUT2D eigenvalue weighted by Crippen LogP contribution is -2.44. The second-order valence-corrected chi connectivity index (χ2v) is 8.14. The zero-order chi connectivity index (χ0) is 21.5. The van der Waals surface area contributed by atoms with E-state index in [1.165, 1.54) is 11.8 Å². The molecule has 1 aromatic carbocycles. The highest BCUT2D eigenvalue weighted by Crippen LogP contribution is 2.40. The molecule has 4 heterocycles. The van der Waals surface area contributed by atoms with Gasteiger partial charge >= 0.3 is 0 Å². The SMILES string of the molecule is COc1nc(-c2c(C)ccc3[nH]ncc23)c(F)c2nc(SC)nc(N3CCNCC3)c12. The number of rotatable bonds is 4. The van der Waals surface area contributed by atoms with E-state index in [1.807, 2.05) is 25.3 Å². The lowest BCUT2D eigenvalue weighted by molar-refractivity contribution is 0.402. The van der Waals surface area contributed by atoms with Crippen molar-refractivity contribution in [3.05, 3.63) is 29.7 Å². The minimum Gasteiger partial charge on any atom is -0.480 e. The topological polar surface area (TPSA) is 91.8 Å². The number of benzene rings is 1. The van der Waals surface area contributed by atoms with Crippen LogP contribution in [0.5, 0.6) is 5.88 Å². The highest BCUT2D eigenvalue weighted by Gasteiger charge is 2.26. The first-order valence-electron chi connectivity index (χ1n) is 10.00. The maximum atomic E-state index is 16.1. The van der Waals surface area contributed by atoms with Gasteiger partial charge in [-0.15, -0.1) is 0 Å². The Kier molecular flexibility index (Phi) is 5.11. The van der Waals surface area contributed by atoms with Crippen molar-refractivity contribution in [3.8, 4) is 17.1 Å². The Morgan fingerprint density at radius 2 is 1.97 bits per heavy atom. The van der Waals surface area contributed by atoms with E-state index in [1.54, 1.807) is 13.3 Å². The zero-order valence-electron chi connectivity index (χ0n) is 17.5. The predicted molar refractivity (Wildman–Crippen MR) is 121 cm³/mol. The molecule has 0 saturated carbocycles. The minimum absolute atomic E-state index is 0.200. The fourth-order valence-corrected chi connectivity index (χ4v) is 4.41. The van der Waals surface area contributed by atoms with Crippen LogP contribution in [0.2, 0.25) is 0 Å². The van der Waals surface area contributed by atoms with Gasteiger partial charge in [0.15, 0.2) is 11.0 Å². The molecule has 5 rings (SSSR count). The first-order chi connectivity index (χ1) is 15.1. The number of fused-ring (bicyclic) bond motifs is 2. The van der Waals surface area contributed by atoms with E-state index in [0.29, 0.717) is 27.8 Å². The standard InChI is InChI=1S/C21H22FN7OS/c1-11-4-5-13-12(10-24-28-13)14(11)17-16(22)18-15(20(25-17)30-2)19(27-21(26-18)31-3)29-8-6-23-7-9-29/h4-5,10,23H,6-9H2,1-3H3,(H,24,28). The Hall–Kier alpha value is -2.98. The molecule has 0 aliphatic carbocycles. The molecular formula is C21H22FN7OS. The van der Waals surface area contributed by atoms with Crippen molar-refractivity contribution in [2.75, 3.05) is 44.4 Å². The summed E-state index contributed by atoms with van der Waals surface area (Å²) in [6.07, 6.45) is 3.57. The van der Waals surface area contributed by atoms with Gasteiger partial charge in [-0.25, -0.2) is 19.3 Å². The van der Waals surface area contributed by atoms with Gasteiger partial charge in [0.05, 0.1) is 18.8 Å². The second kappa shape index (κ2) is 7.93. The van der Waals surface area contributed by atoms with Gasteiger partial charge < -0.3 is 15.0 Å². The summed E-state index contributed by atoms with van der Waals surface area (Å²) in [4.78, 5) is 16.0. The van der Waals surface area contributed by atoms with Crippen molar-refractivity contribution >= 4 is 39.4 Å². The van der Waals surface area contributed by atoms with Crippen molar-refractivity contribution in [1.82, 2.24) is 30.5 Å². The summed E-state index contributed by atoms with van der Waals surface area (Å²) < 4.78 is 21.7. The zero-order valence-corrected chi connectivity index (χ0v) is 18.3. The highest BCUT2D eigenvalue weighted by molar-refractivity contribution is 7.98. The summed E-state index contributed by atoms with van der Waals surface area (Å²) in [6, 6.07) is 3.85. The number of aryl methyl sites for hydroxylation is 1. The number of halogens is 1. The van der Waals surface area contributed by atoms with Crippen LogP contribution >= 0.6 is 11.8 Å². The molecule has 0 atom stereocenters. The number of piperazine rings is 1. The smallest absolute Gasteiger partial charge is 0.227 e. The van der Waals surface area contributed by atoms with E-state index in [4.69, 9.17) is 9.72 Å². The molecule has 8 nitrogen and oxygen atoms in total. The first-order valence-corrected chi connectivity index (χ1v) is 11.2. The van der Waals surface area contributed by atoms with Crippen molar-refractivity contribution in [2.24, 2.45) is 0 Å². The Morgan fingerprint density at radius 3 is 2.71 bits per heavy atom. The van der Waals surface area contributed by atoms with Gasteiger partial charge in [0.25, 0.3) is 0 Å². The van der Waals surface area contributed by atoms with Crippen LogP contribution < -0.4 is 15.0 Å². The number of hydrogen-bond acceptors (Lipinski definition) is 8. The van der Waals surface area contributed by atoms with Crippen LogP contribution in [0.25, 0.3) is 33.1 Å². The van der Waals surface area contributed by atoms with Gasteiger partial charge in [-0.2, -0.15) is 5.10 Å². The average molecular weight is 440 g/mol. The summed E-state index contributed by atoms with van der Waals surface area (Å²) >= 11 is 1.39. The van der Waals surface area contributed by atoms with E-state index in [9.17, 15) is 0 Å². The molecular weight excluding hydrogens is 417 g/mol. The van der Waals surface area contributed by atoms with E-state index in [2.05, 4.69) is 30.4 Å². The molecule has 0 amide bonds. The van der Waals surface area contributed by atoms with Gasteiger partial charge in [-0.1, -0.05) is 17.8 Å². The number of ether oxygens (including phenoxy) is 1. The summed E-state index contributed by atoms with van der Waals surface area (Å²) in [6.45, 7) is 5.12. The second-order valence-electron chi connectivity index (χ2n) is 7.37. The fourth-order valence-electron chi connectivity index (χ4n) is 4.05. The molecule has 1 fully saturated rings. The summed E-state index contributed by atoms with van der Waals surface area (Å²) in [7, 11) is 1.54. The third-order valence-electron chi connectivity index (χ3n) is 5.57. The molecule has 4 aromatic rings. The molecule has 2 N–H and O–H groups in total. The number of nitrogens with one attached hydrogen (secondary N) is 2.